The lowest BCUT2D eigenvalue weighted by Gasteiger charge is -2.19. The van der Waals surface area contributed by atoms with Crippen molar-refractivity contribution in [2.24, 2.45) is 0 Å². The van der Waals surface area contributed by atoms with Crippen LogP contribution in [0, 0.1) is 6.92 Å². The molecule has 1 aliphatic rings. The largest absolute Gasteiger partial charge is 0.423 e. The van der Waals surface area contributed by atoms with Gasteiger partial charge >= 0.3 is 6.01 Å². The standard InChI is InChI=1S/C23H27N5O2/c1-17-7-8-19(26-22(29)9-13-28-11-3-4-12-28)14-20(17)27(2)23-25-16-21(30-23)18-6-5-10-24-15-18/h5-8,10,14-16H,3-4,9,11-13H2,1-2H3,(H,26,29). The first-order valence-corrected chi connectivity index (χ1v) is 10.3. The molecule has 0 radical (unpaired) electrons. The van der Waals surface area contributed by atoms with Crippen molar-refractivity contribution in [3.63, 3.8) is 0 Å². The number of hydrogen-bond acceptors (Lipinski definition) is 6. The zero-order chi connectivity index (χ0) is 20.9. The fourth-order valence-corrected chi connectivity index (χ4v) is 3.70. The predicted molar refractivity (Wildman–Crippen MR) is 118 cm³/mol. The molecular weight excluding hydrogens is 378 g/mol. The van der Waals surface area contributed by atoms with E-state index < -0.39 is 0 Å². The summed E-state index contributed by atoms with van der Waals surface area (Å²) in [7, 11) is 1.90. The first-order valence-electron chi connectivity index (χ1n) is 10.3. The van der Waals surface area contributed by atoms with Crippen LogP contribution in [0.15, 0.2) is 53.3 Å². The molecule has 0 bridgehead atoms. The summed E-state index contributed by atoms with van der Waals surface area (Å²) in [5.41, 5.74) is 3.63. The van der Waals surface area contributed by atoms with Gasteiger partial charge in [0, 0.05) is 49.3 Å². The zero-order valence-electron chi connectivity index (χ0n) is 17.5. The molecule has 0 saturated carbocycles. The van der Waals surface area contributed by atoms with Gasteiger partial charge in [-0.2, -0.15) is 0 Å². The van der Waals surface area contributed by atoms with Gasteiger partial charge in [-0.05, 0) is 62.7 Å². The van der Waals surface area contributed by atoms with Gasteiger partial charge in [0.05, 0.1) is 6.20 Å². The molecule has 1 amide bonds. The lowest BCUT2D eigenvalue weighted by molar-refractivity contribution is -0.116. The van der Waals surface area contributed by atoms with Crippen molar-refractivity contribution in [1.82, 2.24) is 14.9 Å². The third-order valence-electron chi connectivity index (χ3n) is 5.43. The maximum atomic E-state index is 12.4. The van der Waals surface area contributed by atoms with E-state index in [0.29, 0.717) is 18.2 Å². The van der Waals surface area contributed by atoms with Crippen LogP contribution in [0.2, 0.25) is 0 Å². The number of nitrogens with one attached hydrogen (secondary N) is 1. The fourth-order valence-electron chi connectivity index (χ4n) is 3.70. The van der Waals surface area contributed by atoms with Crippen LogP contribution in [-0.2, 0) is 4.79 Å². The number of nitrogens with zero attached hydrogens (tertiary/aromatic N) is 4. The molecule has 0 spiro atoms. The van der Waals surface area contributed by atoms with E-state index >= 15 is 0 Å². The Balaban J connectivity index is 1.44. The van der Waals surface area contributed by atoms with Gasteiger partial charge in [-0.3, -0.25) is 14.7 Å². The molecule has 1 aliphatic heterocycles. The summed E-state index contributed by atoms with van der Waals surface area (Å²) in [5.74, 6) is 0.698. The Bertz CT molecular complexity index is 996. The number of amides is 1. The van der Waals surface area contributed by atoms with Crippen molar-refractivity contribution >= 4 is 23.3 Å². The number of anilines is 3. The Labute approximate surface area is 176 Å². The maximum absolute atomic E-state index is 12.4. The zero-order valence-corrected chi connectivity index (χ0v) is 17.5. The minimum atomic E-state index is 0.0364. The van der Waals surface area contributed by atoms with Crippen LogP contribution in [0.3, 0.4) is 0 Å². The molecule has 7 nitrogen and oxygen atoms in total. The Kier molecular flexibility index (Phi) is 6.09. The quantitative estimate of drug-likeness (QED) is 0.634. The molecule has 7 heteroatoms. The van der Waals surface area contributed by atoms with Crippen LogP contribution in [0.5, 0.6) is 0 Å². The normalized spacial score (nSPS) is 14.1. The van der Waals surface area contributed by atoms with Gasteiger partial charge in [0.25, 0.3) is 0 Å². The van der Waals surface area contributed by atoms with Crippen LogP contribution >= 0.6 is 0 Å². The minimum absolute atomic E-state index is 0.0364. The first kappa shape index (κ1) is 20.1. The number of carbonyl (C=O) groups is 1. The van der Waals surface area contributed by atoms with Crippen molar-refractivity contribution in [3.8, 4) is 11.3 Å². The van der Waals surface area contributed by atoms with Gasteiger partial charge in [0.1, 0.15) is 0 Å². The van der Waals surface area contributed by atoms with Crippen molar-refractivity contribution in [1.29, 1.82) is 0 Å². The first-order chi connectivity index (χ1) is 14.6. The van der Waals surface area contributed by atoms with E-state index in [1.807, 2.05) is 49.2 Å². The molecule has 3 aromatic rings. The Morgan fingerprint density at radius 1 is 1.23 bits per heavy atom. The molecule has 30 heavy (non-hydrogen) atoms. The van der Waals surface area contributed by atoms with E-state index in [4.69, 9.17) is 4.42 Å². The highest BCUT2D eigenvalue weighted by Gasteiger charge is 2.16. The number of rotatable bonds is 7. The molecule has 1 saturated heterocycles. The minimum Gasteiger partial charge on any atom is -0.423 e. The summed E-state index contributed by atoms with van der Waals surface area (Å²) in [6.07, 6.45) is 8.14. The van der Waals surface area contributed by atoms with Gasteiger partial charge in [0.2, 0.25) is 5.91 Å². The van der Waals surface area contributed by atoms with Crippen molar-refractivity contribution in [2.45, 2.75) is 26.2 Å². The second-order valence-electron chi connectivity index (χ2n) is 7.66. The number of hydrogen-bond donors (Lipinski definition) is 1. The monoisotopic (exact) mass is 405 g/mol. The van der Waals surface area contributed by atoms with E-state index in [-0.39, 0.29) is 5.91 Å². The number of aromatic nitrogens is 2. The van der Waals surface area contributed by atoms with Gasteiger partial charge in [-0.15, -0.1) is 0 Å². The van der Waals surface area contributed by atoms with Gasteiger partial charge in [0.15, 0.2) is 5.76 Å². The van der Waals surface area contributed by atoms with Crippen molar-refractivity contribution < 1.29 is 9.21 Å². The lowest BCUT2D eigenvalue weighted by atomic mass is 10.1. The number of oxazole rings is 1. The van der Waals surface area contributed by atoms with Gasteiger partial charge in [-0.25, -0.2) is 4.98 Å². The summed E-state index contributed by atoms with van der Waals surface area (Å²) >= 11 is 0. The molecule has 1 N–H and O–H groups in total. The molecule has 156 valence electrons. The van der Waals surface area contributed by atoms with E-state index in [9.17, 15) is 4.79 Å². The molecular formula is C23H27N5O2. The predicted octanol–water partition coefficient (Wildman–Crippen LogP) is 4.24. The van der Waals surface area contributed by atoms with Gasteiger partial charge < -0.3 is 14.6 Å². The molecule has 4 rings (SSSR count). The summed E-state index contributed by atoms with van der Waals surface area (Å²) in [4.78, 5) is 25.1. The van der Waals surface area contributed by atoms with Crippen LogP contribution in [-0.4, -0.2) is 47.5 Å². The average Bonchev–Trinajstić information content (AvgIpc) is 3.46. The fraction of sp³-hybridized carbons (Fsp3) is 0.348. The van der Waals surface area contributed by atoms with E-state index in [0.717, 1.165) is 42.1 Å². The Morgan fingerprint density at radius 3 is 2.83 bits per heavy atom. The molecule has 2 aromatic heterocycles. The lowest BCUT2D eigenvalue weighted by Crippen LogP contribution is -2.25. The smallest absolute Gasteiger partial charge is 0.302 e. The highest BCUT2D eigenvalue weighted by molar-refractivity contribution is 5.91. The molecule has 0 atom stereocenters. The van der Waals surface area contributed by atoms with Crippen LogP contribution in [0.1, 0.15) is 24.8 Å². The second kappa shape index (κ2) is 9.09. The van der Waals surface area contributed by atoms with Crippen molar-refractivity contribution in [2.75, 3.05) is 36.9 Å². The summed E-state index contributed by atoms with van der Waals surface area (Å²) in [6, 6.07) is 10.2. The third-order valence-corrected chi connectivity index (χ3v) is 5.43. The SMILES string of the molecule is Cc1ccc(NC(=O)CCN2CCCC2)cc1N(C)c1ncc(-c2cccnc2)o1. The molecule has 0 unspecified atom stereocenters. The van der Waals surface area contributed by atoms with Crippen molar-refractivity contribution in [3.05, 3.63) is 54.5 Å². The summed E-state index contributed by atoms with van der Waals surface area (Å²) < 4.78 is 5.94. The van der Waals surface area contributed by atoms with Crippen LogP contribution in [0.4, 0.5) is 17.4 Å². The number of aryl methyl sites for hydroxylation is 1. The van der Waals surface area contributed by atoms with E-state index in [1.165, 1.54) is 12.8 Å². The van der Waals surface area contributed by atoms with E-state index in [1.54, 1.807) is 18.6 Å². The maximum Gasteiger partial charge on any atom is 0.302 e. The third kappa shape index (κ3) is 4.68. The topological polar surface area (TPSA) is 74.5 Å². The Hall–Kier alpha value is -3.19. The average molecular weight is 406 g/mol. The Morgan fingerprint density at radius 2 is 2.07 bits per heavy atom. The van der Waals surface area contributed by atoms with Gasteiger partial charge in [-0.1, -0.05) is 6.07 Å². The molecule has 3 heterocycles. The molecule has 1 fully saturated rings. The highest BCUT2D eigenvalue weighted by Crippen LogP contribution is 2.31. The molecule has 0 aliphatic carbocycles. The van der Waals surface area contributed by atoms with E-state index in [2.05, 4.69) is 20.2 Å². The number of benzene rings is 1. The summed E-state index contributed by atoms with van der Waals surface area (Å²) in [5, 5.41) is 3.02. The highest BCUT2D eigenvalue weighted by atomic mass is 16.4. The number of likely N-dealkylation sites (tertiary alicyclic amines) is 1. The van der Waals surface area contributed by atoms with Crippen LogP contribution < -0.4 is 10.2 Å². The summed E-state index contributed by atoms with van der Waals surface area (Å²) in [6.45, 7) is 5.04. The number of pyridine rings is 1. The second-order valence-corrected chi connectivity index (χ2v) is 7.66. The molecule has 1 aromatic carbocycles. The number of carbonyl (C=O) groups excluding carboxylic acids is 1. The van der Waals surface area contributed by atoms with Crippen LogP contribution in [0.25, 0.3) is 11.3 Å².